The molecule has 5 nitrogen and oxygen atoms in total. The molecular weight excluding hydrogens is 392 g/mol. The third kappa shape index (κ3) is 3.25. The van der Waals surface area contributed by atoms with Crippen molar-refractivity contribution in [2.75, 3.05) is 12.0 Å². The number of thiocarbonyl (C=S) groups is 1. The predicted octanol–water partition coefficient (Wildman–Crippen LogP) is 5.18. The smallest absolute Gasteiger partial charge is 0.174 e. The number of benzene rings is 1. The minimum atomic E-state index is -0.0429. The van der Waals surface area contributed by atoms with Crippen LogP contribution in [0, 0.1) is 0 Å². The summed E-state index contributed by atoms with van der Waals surface area (Å²) in [4.78, 5) is 6.87. The maximum Gasteiger partial charge on any atom is 0.174 e. The average Bonchev–Trinajstić information content (AvgIpc) is 3.53. The summed E-state index contributed by atoms with van der Waals surface area (Å²) in [6.07, 6.45) is 9.12. The molecule has 0 spiro atoms. The van der Waals surface area contributed by atoms with Gasteiger partial charge in [0.05, 0.1) is 24.5 Å². The van der Waals surface area contributed by atoms with Gasteiger partial charge in [0, 0.05) is 24.1 Å². The van der Waals surface area contributed by atoms with Crippen molar-refractivity contribution < 1.29 is 4.74 Å². The largest absolute Gasteiger partial charge is 0.495 e. The van der Waals surface area contributed by atoms with Crippen molar-refractivity contribution in [2.24, 2.45) is 0 Å². The Morgan fingerprint density at radius 2 is 1.83 bits per heavy atom. The zero-order valence-corrected chi connectivity index (χ0v) is 17.9. The number of methoxy groups -OCH3 is 1. The molecule has 2 fully saturated rings. The molecule has 1 saturated heterocycles. The Bertz CT molecular complexity index is 1030. The lowest BCUT2D eigenvalue weighted by Crippen LogP contribution is -2.31. The number of nitrogens with zero attached hydrogens (tertiary/aromatic N) is 3. The summed E-state index contributed by atoms with van der Waals surface area (Å²) >= 11 is 5.86. The van der Waals surface area contributed by atoms with Crippen LogP contribution in [0.5, 0.6) is 5.75 Å². The maximum atomic E-state index is 5.86. The molecule has 0 radical (unpaired) electrons. The number of ether oxygens (including phenoxy) is 1. The minimum Gasteiger partial charge on any atom is -0.495 e. The molecule has 1 aliphatic carbocycles. The van der Waals surface area contributed by atoms with Crippen LogP contribution in [-0.2, 0) is 0 Å². The maximum absolute atomic E-state index is 5.86. The second-order valence-electron chi connectivity index (χ2n) is 7.95. The van der Waals surface area contributed by atoms with Gasteiger partial charge in [0.1, 0.15) is 11.8 Å². The van der Waals surface area contributed by atoms with Gasteiger partial charge in [-0.25, -0.2) is 0 Å². The highest BCUT2D eigenvalue weighted by Crippen LogP contribution is 2.45. The summed E-state index contributed by atoms with van der Waals surface area (Å²) in [6, 6.07) is 19.0. The van der Waals surface area contributed by atoms with E-state index in [0.717, 1.165) is 17.1 Å². The molecule has 0 bridgehead atoms. The van der Waals surface area contributed by atoms with E-state index in [0.29, 0.717) is 11.2 Å². The number of pyridine rings is 1. The zero-order chi connectivity index (χ0) is 20.5. The van der Waals surface area contributed by atoms with Crippen LogP contribution in [0.2, 0.25) is 0 Å². The van der Waals surface area contributed by atoms with Gasteiger partial charge in [-0.05, 0) is 61.5 Å². The number of aromatic nitrogens is 2. The molecule has 1 saturated carbocycles. The molecule has 154 valence electrons. The first-order chi connectivity index (χ1) is 14.8. The SMILES string of the molecule is COc1ccccc1N1C(=S)N[C@H](c2ccccn2)[C@H]1c1cccn1C1CCCC1. The lowest BCUT2D eigenvalue weighted by atomic mass is 10.00. The normalized spacial score (nSPS) is 21.8. The number of anilines is 1. The molecule has 30 heavy (non-hydrogen) atoms. The standard InChI is InChI=1S/C24H26N4OS/c1-29-21-14-5-4-12-19(21)28-23(20-13-8-16-27(20)17-9-2-3-10-17)22(26-24(28)30)18-11-6-7-15-25-18/h4-8,11-17,22-23H,2-3,9-10H2,1H3,(H,26,30)/t22-,23-/m1/s1. The van der Waals surface area contributed by atoms with E-state index < -0.39 is 0 Å². The van der Waals surface area contributed by atoms with Crippen LogP contribution in [0.1, 0.15) is 55.2 Å². The third-order valence-corrected chi connectivity index (χ3v) is 6.59. The Balaban J connectivity index is 1.65. The van der Waals surface area contributed by atoms with E-state index in [1.807, 2.05) is 36.5 Å². The first-order valence-electron chi connectivity index (χ1n) is 10.6. The second kappa shape index (κ2) is 8.11. The Morgan fingerprint density at radius 3 is 2.60 bits per heavy atom. The summed E-state index contributed by atoms with van der Waals surface area (Å²) < 4.78 is 8.16. The summed E-state index contributed by atoms with van der Waals surface area (Å²) in [5.41, 5.74) is 3.22. The van der Waals surface area contributed by atoms with Crippen LogP contribution < -0.4 is 15.0 Å². The molecule has 0 amide bonds. The van der Waals surface area contributed by atoms with Gasteiger partial charge < -0.3 is 19.5 Å². The fourth-order valence-corrected chi connectivity index (χ4v) is 5.26. The molecule has 5 rings (SSSR count). The molecule has 1 N–H and O–H groups in total. The van der Waals surface area contributed by atoms with Crippen LogP contribution >= 0.6 is 12.2 Å². The molecule has 2 aromatic heterocycles. The number of para-hydroxylation sites is 2. The number of nitrogens with one attached hydrogen (secondary N) is 1. The summed E-state index contributed by atoms with van der Waals surface area (Å²) in [7, 11) is 1.71. The van der Waals surface area contributed by atoms with E-state index in [1.165, 1.54) is 31.4 Å². The van der Waals surface area contributed by atoms with Crippen LogP contribution in [0.4, 0.5) is 5.69 Å². The number of hydrogen-bond acceptors (Lipinski definition) is 3. The molecule has 1 aliphatic heterocycles. The van der Waals surface area contributed by atoms with Crippen molar-refractivity contribution in [1.82, 2.24) is 14.9 Å². The fourth-order valence-electron chi connectivity index (χ4n) is 4.92. The van der Waals surface area contributed by atoms with Gasteiger partial charge in [0.15, 0.2) is 5.11 Å². The van der Waals surface area contributed by atoms with Crippen LogP contribution in [0.25, 0.3) is 0 Å². The highest BCUT2D eigenvalue weighted by molar-refractivity contribution is 7.80. The van der Waals surface area contributed by atoms with E-state index >= 15 is 0 Å². The molecule has 0 unspecified atom stereocenters. The average molecular weight is 419 g/mol. The molecular formula is C24H26N4OS. The third-order valence-electron chi connectivity index (χ3n) is 6.28. The Labute approximate surface area is 182 Å². The Hall–Kier alpha value is -2.86. The van der Waals surface area contributed by atoms with Crippen molar-refractivity contribution in [3.05, 3.63) is 78.4 Å². The van der Waals surface area contributed by atoms with Gasteiger partial charge in [0.25, 0.3) is 0 Å². The first-order valence-corrected chi connectivity index (χ1v) is 11.0. The van der Waals surface area contributed by atoms with Gasteiger partial charge in [-0.2, -0.15) is 0 Å². The van der Waals surface area contributed by atoms with E-state index in [-0.39, 0.29) is 12.1 Å². The van der Waals surface area contributed by atoms with Crippen molar-refractivity contribution in [3.8, 4) is 5.75 Å². The summed E-state index contributed by atoms with van der Waals surface area (Å²) in [5.74, 6) is 0.812. The van der Waals surface area contributed by atoms with Crippen molar-refractivity contribution >= 4 is 23.0 Å². The van der Waals surface area contributed by atoms with E-state index in [9.17, 15) is 0 Å². The Morgan fingerprint density at radius 1 is 1.03 bits per heavy atom. The highest BCUT2D eigenvalue weighted by Gasteiger charge is 2.43. The fraction of sp³-hybridized carbons (Fsp3) is 0.333. The quantitative estimate of drug-likeness (QED) is 0.578. The summed E-state index contributed by atoms with van der Waals surface area (Å²) in [5, 5.41) is 4.25. The van der Waals surface area contributed by atoms with Gasteiger partial charge in [-0.3, -0.25) is 4.98 Å². The molecule has 1 aromatic carbocycles. The van der Waals surface area contributed by atoms with Crippen molar-refractivity contribution in [2.45, 2.75) is 43.8 Å². The topological polar surface area (TPSA) is 42.3 Å². The molecule has 2 aliphatic rings. The van der Waals surface area contributed by atoms with E-state index in [1.54, 1.807) is 7.11 Å². The van der Waals surface area contributed by atoms with Crippen molar-refractivity contribution in [1.29, 1.82) is 0 Å². The summed E-state index contributed by atoms with van der Waals surface area (Å²) in [6.45, 7) is 0. The van der Waals surface area contributed by atoms with E-state index in [4.69, 9.17) is 17.0 Å². The van der Waals surface area contributed by atoms with Crippen LogP contribution in [0.3, 0.4) is 0 Å². The monoisotopic (exact) mass is 418 g/mol. The lowest BCUT2D eigenvalue weighted by molar-refractivity contribution is 0.412. The minimum absolute atomic E-state index is 0.0145. The van der Waals surface area contributed by atoms with Gasteiger partial charge in [-0.15, -0.1) is 0 Å². The molecule has 3 aromatic rings. The zero-order valence-electron chi connectivity index (χ0n) is 17.1. The van der Waals surface area contributed by atoms with E-state index in [2.05, 4.69) is 50.2 Å². The number of rotatable bonds is 5. The van der Waals surface area contributed by atoms with Gasteiger partial charge >= 0.3 is 0 Å². The first kappa shape index (κ1) is 19.1. The lowest BCUT2D eigenvalue weighted by Gasteiger charge is -2.31. The van der Waals surface area contributed by atoms with Crippen molar-refractivity contribution in [3.63, 3.8) is 0 Å². The second-order valence-corrected chi connectivity index (χ2v) is 8.33. The number of hydrogen-bond donors (Lipinski definition) is 1. The highest BCUT2D eigenvalue weighted by atomic mass is 32.1. The molecule has 3 heterocycles. The van der Waals surface area contributed by atoms with Gasteiger partial charge in [-0.1, -0.05) is 31.0 Å². The molecule has 6 heteroatoms. The predicted molar refractivity (Wildman–Crippen MR) is 123 cm³/mol. The molecule has 2 atom stereocenters. The van der Waals surface area contributed by atoms with Crippen LogP contribution in [-0.4, -0.2) is 21.8 Å². The van der Waals surface area contributed by atoms with Gasteiger partial charge in [0.2, 0.25) is 0 Å². The Kier molecular flexibility index (Phi) is 5.17. The van der Waals surface area contributed by atoms with Crippen LogP contribution in [0.15, 0.2) is 67.0 Å².